The van der Waals surface area contributed by atoms with E-state index in [0.717, 1.165) is 20.0 Å². The molecule has 4 rings (SSSR count). The summed E-state index contributed by atoms with van der Waals surface area (Å²) in [6.07, 6.45) is 0. The molecule has 1 aliphatic heterocycles. The van der Waals surface area contributed by atoms with Gasteiger partial charge in [-0.1, -0.05) is 53.1 Å². The van der Waals surface area contributed by atoms with Gasteiger partial charge in [-0.05, 0) is 76.4 Å². The van der Waals surface area contributed by atoms with Gasteiger partial charge in [-0.2, -0.15) is 0 Å². The van der Waals surface area contributed by atoms with Crippen LogP contribution in [-0.4, -0.2) is 20.0 Å². The van der Waals surface area contributed by atoms with E-state index in [2.05, 4.69) is 111 Å². The number of anilines is 3. The fourth-order valence-electron chi connectivity index (χ4n) is 4.69. The highest BCUT2D eigenvalue weighted by Crippen LogP contribution is 2.31. The fourth-order valence-corrected chi connectivity index (χ4v) is 4.69. The minimum Gasteiger partial charge on any atom is -0.336 e. The van der Waals surface area contributed by atoms with Crippen LogP contribution in [0.25, 0.3) is 0 Å². The quantitative estimate of drug-likeness (QED) is 0.516. The summed E-state index contributed by atoms with van der Waals surface area (Å²) in [6.45, 7) is 15.8. The molecular formula is C27H33N3. The summed E-state index contributed by atoms with van der Waals surface area (Å²) in [4.78, 5) is 7.49. The lowest BCUT2D eigenvalue weighted by atomic mass is 10.1. The number of nitrogens with zero attached hydrogens (tertiary/aromatic N) is 3. The summed E-state index contributed by atoms with van der Waals surface area (Å²) in [5.74, 6) is 0. The molecule has 3 aromatic carbocycles. The summed E-state index contributed by atoms with van der Waals surface area (Å²) in [5, 5.41) is 0. The fraction of sp³-hybridized carbons (Fsp3) is 0.333. The zero-order chi connectivity index (χ0) is 21.4. The van der Waals surface area contributed by atoms with E-state index in [1.54, 1.807) is 0 Å². The predicted octanol–water partition coefficient (Wildman–Crippen LogP) is 6.24. The Kier molecular flexibility index (Phi) is 5.46. The zero-order valence-corrected chi connectivity index (χ0v) is 19.2. The molecule has 3 heteroatoms. The monoisotopic (exact) mass is 399 g/mol. The van der Waals surface area contributed by atoms with Gasteiger partial charge in [-0.25, -0.2) is 0 Å². The SMILES string of the molecule is Cc1ccc(N2CN(c3ccc(C)cc3C)CN(c3ccc(C)cc3C)C2)c(C)c1. The van der Waals surface area contributed by atoms with Gasteiger partial charge in [0, 0.05) is 17.1 Å². The maximum atomic E-state index is 2.50. The molecule has 0 amide bonds. The van der Waals surface area contributed by atoms with Crippen LogP contribution in [0.5, 0.6) is 0 Å². The molecule has 0 bridgehead atoms. The van der Waals surface area contributed by atoms with E-state index >= 15 is 0 Å². The molecule has 3 aromatic rings. The molecule has 0 aromatic heterocycles. The molecule has 1 aliphatic rings. The average molecular weight is 400 g/mol. The van der Waals surface area contributed by atoms with Gasteiger partial charge in [0.05, 0.1) is 20.0 Å². The summed E-state index contributed by atoms with van der Waals surface area (Å²) >= 11 is 0. The maximum Gasteiger partial charge on any atom is 0.0937 e. The maximum absolute atomic E-state index is 2.50. The summed E-state index contributed by atoms with van der Waals surface area (Å²) < 4.78 is 0. The first-order valence-corrected chi connectivity index (χ1v) is 10.8. The highest BCUT2D eigenvalue weighted by molar-refractivity contribution is 5.64. The van der Waals surface area contributed by atoms with Crippen LogP contribution in [0.15, 0.2) is 54.6 Å². The summed E-state index contributed by atoms with van der Waals surface area (Å²) in [5.41, 5.74) is 11.9. The lowest BCUT2D eigenvalue weighted by Crippen LogP contribution is -2.56. The largest absolute Gasteiger partial charge is 0.336 e. The van der Waals surface area contributed by atoms with Gasteiger partial charge in [-0.15, -0.1) is 0 Å². The molecule has 0 spiro atoms. The first-order chi connectivity index (χ1) is 14.3. The van der Waals surface area contributed by atoms with Crippen molar-refractivity contribution in [1.82, 2.24) is 0 Å². The Balaban J connectivity index is 1.75. The molecular weight excluding hydrogens is 366 g/mol. The van der Waals surface area contributed by atoms with Gasteiger partial charge in [0.25, 0.3) is 0 Å². The third kappa shape index (κ3) is 4.02. The highest BCUT2D eigenvalue weighted by atomic mass is 15.5. The van der Waals surface area contributed by atoms with Crippen molar-refractivity contribution in [2.45, 2.75) is 41.5 Å². The lowest BCUT2D eigenvalue weighted by Gasteiger charge is -2.46. The standard InChI is InChI=1S/C27H33N3/c1-19-7-10-25(22(4)13-19)28-16-29(26-11-8-20(2)14-23(26)5)18-30(17-28)27-12-9-21(3)15-24(27)6/h7-15H,16-18H2,1-6H3. The minimum absolute atomic E-state index is 0.884. The van der Waals surface area contributed by atoms with Crippen molar-refractivity contribution in [3.8, 4) is 0 Å². The van der Waals surface area contributed by atoms with E-state index < -0.39 is 0 Å². The van der Waals surface area contributed by atoms with Crippen LogP contribution in [0, 0.1) is 41.5 Å². The lowest BCUT2D eigenvalue weighted by molar-refractivity contribution is 0.608. The van der Waals surface area contributed by atoms with Gasteiger partial charge < -0.3 is 14.7 Å². The normalized spacial score (nSPS) is 14.4. The van der Waals surface area contributed by atoms with Crippen LogP contribution in [-0.2, 0) is 0 Å². The van der Waals surface area contributed by atoms with Crippen molar-refractivity contribution < 1.29 is 0 Å². The van der Waals surface area contributed by atoms with Gasteiger partial charge in [0.2, 0.25) is 0 Å². The van der Waals surface area contributed by atoms with E-state index in [4.69, 9.17) is 0 Å². The molecule has 1 heterocycles. The Bertz CT molecular complexity index is 927. The predicted molar refractivity (Wildman–Crippen MR) is 130 cm³/mol. The van der Waals surface area contributed by atoms with Crippen molar-refractivity contribution in [1.29, 1.82) is 0 Å². The molecule has 30 heavy (non-hydrogen) atoms. The molecule has 156 valence electrons. The molecule has 0 unspecified atom stereocenters. The number of benzene rings is 3. The van der Waals surface area contributed by atoms with E-state index in [-0.39, 0.29) is 0 Å². The van der Waals surface area contributed by atoms with Crippen molar-refractivity contribution in [2.24, 2.45) is 0 Å². The second kappa shape index (κ2) is 8.06. The van der Waals surface area contributed by atoms with Gasteiger partial charge >= 0.3 is 0 Å². The molecule has 0 saturated carbocycles. The first kappa shape index (κ1) is 20.3. The molecule has 1 fully saturated rings. The molecule has 3 nitrogen and oxygen atoms in total. The molecule has 0 N–H and O–H groups in total. The van der Waals surface area contributed by atoms with Gasteiger partial charge in [0.15, 0.2) is 0 Å². The first-order valence-electron chi connectivity index (χ1n) is 10.8. The minimum atomic E-state index is 0.884. The second-order valence-electron chi connectivity index (χ2n) is 8.91. The summed E-state index contributed by atoms with van der Waals surface area (Å²) in [7, 11) is 0. The molecule has 0 radical (unpaired) electrons. The number of aryl methyl sites for hydroxylation is 6. The number of hydrogen-bond acceptors (Lipinski definition) is 3. The van der Waals surface area contributed by atoms with E-state index in [1.807, 2.05) is 0 Å². The zero-order valence-electron chi connectivity index (χ0n) is 19.2. The Morgan fingerprint density at radius 3 is 0.933 bits per heavy atom. The average Bonchev–Trinajstić information content (AvgIpc) is 2.67. The third-order valence-electron chi connectivity index (χ3n) is 6.10. The van der Waals surface area contributed by atoms with Crippen LogP contribution in [0.1, 0.15) is 33.4 Å². The summed E-state index contributed by atoms with van der Waals surface area (Å²) in [6, 6.07) is 20.3. The molecule has 1 saturated heterocycles. The van der Waals surface area contributed by atoms with Crippen molar-refractivity contribution in [3.05, 3.63) is 88.0 Å². The Morgan fingerprint density at radius 1 is 0.433 bits per heavy atom. The van der Waals surface area contributed by atoms with Gasteiger partial charge in [0.1, 0.15) is 0 Å². The van der Waals surface area contributed by atoms with Crippen LogP contribution < -0.4 is 14.7 Å². The Morgan fingerprint density at radius 2 is 0.700 bits per heavy atom. The highest BCUT2D eigenvalue weighted by Gasteiger charge is 2.26. The van der Waals surface area contributed by atoms with Crippen molar-refractivity contribution >= 4 is 17.1 Å². The third-order valence-corrected chi connectivity index (χ3v) is 6.10. The molecule has 0 aliphatic carbocycles. The van der Waals surface area contributed by atoms with E-state index in [1.165, 1.54) is 50.4 Å². The van der Waals surface area contributed by atoms with Crippen LogP contribution in [0.3, 0.4) is 0 Å². The van der Waals surface area contributed by atoms with Crippen molar-refractivity contribution in [2.75, 3.05) is 34.7 Å². The van der Waals surface area contributed by atoms with Crippen molar-refractivity contribution in [3.63, 3.8) is 0 Å². The van der Waals surface area contributed by atoms with E-state index in [0.29, 0.717) is 0 Å². The Hall–Kier alpha value is -2.94. The number of hydrogen-bond donors (Lipinski definition) is 0. The second-order valence-corrected chi connectivity index (χ2v) is 8.91. The Labute approximate surface area is 181 Å². The van der Waals surface area contributed by atoms with Crippen LogP contribution in [0.4, 0.5) is 17.1 Å². The van der Waals surface area contributed by atoms with Crippen LogP contribution >= 0.6 is 0 Å². The smallest absolute Gasteiger partial charge is 0.0937 e. The number of rotatable bonds is 3. The molecule has 0 atom stereocenters. The van der Waals surface area contributed by atoms with E-state index in [9.17, 15) is 0 Å². The van der Waals surface area contributed by atoms with Gasteiger partial charge in [-0.3, -0.25) is 0 Å². The van der Waals surface area contributed by atoms with Crippen LogP contribution in [0.2, 0.25) is 0 Å². The topological polar surface area (TPSA) is 9.72 Å².